The first-order valence-electron chi connectivity index (χ1n) is 4.82. The van der Waals surface area contributed by atoms with Crippen LogP contribution < -0.4 is 0 Å². The number of phosphoric ester groups is 1. The fraction of sp³-hybridized carbons (Fsp3) is 1.00. The molecule has 15 heteroatoms. The molecule has 0 aromatic rings. The van der Waals surface area contributed by atoms with Crippen molar-refractivity contribution in [2.75, 3.05) is 33.5 Å². The predicted octanol–water partition coefficient (Wildman–Crippen LogP) is -0.00730. The molecule has 12 nitrogen and oxygen atoms in total. The number of hydrogen-bond donors (Lipinski definition) is 4. The van der Waals surface area contributed by atoms with Crippen LogP contribution in [0.2, 0.25) is 0 Å². The minimum absolute atomic E-state index is 0.146. The van der Waals surface area contributed by atoms with Gasteiger partial charge in [0.2, 0.25) is 0 Å². The van der Waals surface area contributed by atoms with E-state index in [9.17, 15) is 13.7 Å². The quantitative estimate of drug-likeness (QED) is 0.286. The topological polar surface area (TPSA) is 178 Å². The molecule has 0 radical (unpaired) electrons. The van der Waals surface area contributed by atoms with E-state index in [-0.39, 0.29) is 19.8 Å². The van der Waals surface area contributed by atoms with E-state index in [1.54, 1.807) is 0 Å². The Bertz CT molecular complexity index is 415. The number of phosphoric acid groups is 3. The fourth-order valence-corrected chi connectivity index (χ4v) is 3.76. The Balaban J connectivity index is 4.15. The van der Waals surface area contributed by atoms with Crippen LogP contribution in [0.4, 0.5) is 0 Å². The van der Waals surface area contributed by atoms with E-state index >= 15 is 0 Å². The minimum atomic E-state index is -5.46. The second-order valence-electron chi connectivity index (χ2n) is 3.03. The molecule has 0 aliphatic heterocycles. The van der Waals surface area contributed by atoms with Gasteiger partial charge in [-0.3, -0.25) is 4.52 Å². The van der Waals surface area contributed by atoms with Crippen molar-refractivity contribution in [1.29, 1.82) is 0 Å². The van der Waals surface area contributed by atoms with E-state index in [0.717, 1.165) is 0 Å². The van der Waals surface area contributed by atoms with E-state index in [1.807, 2.05) is 0 Å². The van der Waals surface area contributed by atoms with E-state index in [4.69, 9.17) is 24.3 Å². The first-order valence-corrected chi connectivity index (χ1v) is 9.34. The lowest BCUT2D eigenvalue weighted by molar-refractivity contribution is 0.0479. The van der Waals surface area contributed by atoms with Crippen molar-refractivity contribution in [2.24, 2.45) is 0 Å². The number of methoxy groups -OCH3 is 1. The third-order valence-electron chi connectivity index (χ3n) is 1.33. The SMILES string of the molecule is COCCOCCOP(=O)(O)OP(=O)(O)OP(=O)(O)O. The highest BCUT2D eigenvalue weighted by atomic mass is 31.3. The molecule has 2 atom stereocenters. The Kier molecular flexibility index (Phi) is 8.84. The second-order valence-corrected chi connectivity index (χ2v) is 7.45. The standard InChI is InChI=1S/C5H15O12P3/c1-13-2-3-14-4-5-15-19(9,10)17-20(11,12)16-18(6,7)8/h2-5H2,1H3,(H,9,10)(H,11,12)(H2,6,7,8). The molecule has 0 aliphatic carbocycles. The summed E-state index contributed by atoms with van der Waals surface area (Å²) in [5.74, 6) is 0. The van der Waals surface area contributed by atoms with Crippen LogP contribution in [0.15, 0.2) is 0 Å². The zero-order valence-electron chi connectivity index (χ0n) is 10.2. The second kappa shape index (κ2) is 8.70. The van der Waals surface area contributed by atoms with Gasteiger partial charge in [0, 0.05) is 7.11 Å². The molecule has 0 saturated carbocycles. The summed E-state index contributed by atoms with van der Waals surface area (Å²) in [5.41, 5.74) is 0. The molecule has 2 unspecified atom stereocenters. The predicted molar refractivity (Wildman–Crippen MR) is 62.5 cm³/mol. The molecule has 0 aromatic heterocycles. The molecule has 0 fully saturated rings. The lowest BCUT2D eigenvalue weighted by atomic mass is 10.7. The molecular weight excluding hydrogens is 345 g/mol. The molecule has 0 aliphatic rings. The maximum Gasteiger partial charge on any atom is 0.490 e. The monoisotopic (exact) mass is 360 g/mol. The lowest BCUT2D eigenvalue weighted by Gasteiger charge is -2.16. The van der Waals surface area contributed by atoms with Gasteiger partial charge in [-0.05, 0) is 0 Å². The first kappa shape index (κ1) is 20.3. The summed E-state index contributed by atoms with van der Waals surface area (Å²) in [6, 6.07) is 0. The molecule has 0 bridgehead atoms. The van der Waals surface area contributed by atoms with Crippen LogP contribution in [-0.2, 0) is 36.3 Å². The Hall–Kier alpha value is 0.330. The van der Waals surface area contributed by atoms with Gasteiger partial charge in [0.1, 0.15) is 0 Å². The van der Waals surface area contributed by atoms with Crippen LogP contribution in [0.3, 0.4) is 0 Å². The Morgan fingerprint density at radius 2 is 1.35 bits per heavy atom. The highest BCUT2D eigenvalue weighted by molar-refractivity contribution is 7.66. The van der Waals surface area contributed by atoms with Crippen molar-refractivity contribution in [3.05, 3.63) is 0 Å². The van der Waals surface area contributed by atoms with Crippen LogP contribution in [0.5, 0.6) is 0 Å². The van der Waals surface area contributed by atoms with Crippen molar-refractivity contribution in [3.63, 3.8) is 0 Å². The summed E-state index contributed by atoms with van der Waals surface area (Å²) in [4.78, 5) is 34.4. The van der Waals surface area contributed by atoms with Gasteiger partial charge in [0.25, 0.3) is 0 Å². The van der Waals surface area contributed by atoms with E-state index < -0.39 is 30.1 Å². The Labute approximate surface area is 114 Å². The Morgan fingerprint density at radius 3 is 1.85 bits per heavy atom. The zero-order valence-corrected chi connectivity index (χ0v) is 12.9. The molecule has 4 N–H and O–H groups in total. The summed E-state index contributed by atoms with van der Waals surface area (Å²) in [7, 11) is -14.5. The summed E-state index contributed by atoms with van der Waals surface area (Å²) in [6.07, 6.45) is 0. The average molecular weight is 360 g/mol. The average Bonchev–Trinajstić information content (AvgIpc) is 2.17. The molecule has 122 valence electrons. The fourth-order valence-electron chi connectivity index (χ4n) is 0.759. The molecule has 0 spiro atoms. The molecular formula is C5H15O12P3. The Morgan fingerprint density at radius 1 is 0.800 bits per heavy atom. The van der Waals surface area contributed by atoms with Crippen molar-refractivity contribution in [3.8, 4) is 0 Å². The van der Waals surface area contributed by atoms with Crippen molar-refractivity contribution < 1.29 is 55.9 Å². The highest BCUT2D eigenvalue weighted by Gasteiger charge is 2.40. The highest BCUT2D eigenvalue weighted by Crippen LogP contribution is 2.66. The van der Waals surface area contributed by atoms with Gasteiger partial charge in [-0.15, -0.1) is 0 Å². The van der Waals surface area contributed by atoms with E-state index in [0.29, 0.717) is 0 Å². The van der Waals surface area contributed by atoms with Crippen LogP contribution in [0, 0.1) is 0 Å². The van der Waals surface area contributed by atoms with Gasteiger partial charge < -0.3 is 29.0 Å². The number of hydrogen-bond acceptors (Lipinski definition) is 8. The molecule has 0 heterocycles. The number of rotatable bonds is 11. The van der Waals surface area contributed by atoms with Crippen LogP contribution >= 0.6 is 23.5 Å². The molecule has 0 amide bonds. The first-order chi connectivity index (χ1) is 8.97. The van der Waals surface area contributed by atoms with Gasteiger partial charge in [-0.2, -0.15) is 8.62 Å². The molecule has 0 rings (SSSR count). The lowest BCUT2D eigenvalue weighted by Crippen LogP contribution is -2.08. The summed E-state index contributed by atoms with van der Waals surface area (Å²) in [5, 5.41) is 0. The van der Waals surface area contributed by atoms with Gasteiger partial charge >= 0.3 is 23.5 Å². The normalized spacial score (nSPS) is 18.4. The van der Waals surface area contributed by atoms with E-state index in [2.05, 4.69) is 17.9 Å². The van der Waals surface area contributed by atoms with Crippen LogP contribution in [-0.4, -0.2) is 53.1 Å². The smallest absolute Gasteiger partial charge is 0.382 e. The van der Waals surface area contributed by atoms with Crippen LogP contribution in [0.25, 0.3) is 0 Å². The van der Waals surface area contributed by atoms with Gasteiger partial charge in [-0.25, -0.2) is 13.7 Å². The van der Waals surface area contributed by atoms with E-state index in [1.165, 1.54) is 7.11 Å². The maximum atomic E-state index is 11.2. The molecule has 20 heavy (non-hydrogen) atoms. The maximum absolute atomic E-state index is 11.2. The van der Waals surface area contributed by atoms with Crippen LogP contribution in [0.1, 0.15) is 0 Å². The summed E-state index contributed by atoms with van der Waals surface area (Å²) >= 11 is 0. The minimum Gasteiger partial charge on any atom is -0.382 e. The molecule has 0 aromatic carbocycles. The zero-order chi connectivity index (χ0) is 15.9. The van der Waals surface area contributed by atoms with Gasteiger partial charge in [0.15, 0.2) is 0 Å². The third-order valence-corrected chi connectivity index (χ3v) is 5.17. The van der Waals surface area contributed by atoms with Crippen molar-refractivity contribution in [1.82, 2.24) is 0 Å². The summed E-state index contributed by atoms with van der Waals surface area (Å²) < 4.78 is 53.1. The van der Waals surface area contributed by atoms with Gasteiger partial charge in [-0.1, -0.05) is 0 Å². The molecule has 0 saturated heterocycles. The number of ether oxygens (including phenoxy) is 2. The largest absolute Gasteiger partial charge is 0.490 e. The van der Waals surface area contributed by atoms with Gasteiger partial charge in [0.05, 0.1) is 26.4 Å². The summed E-state index contributed by atoms with van der Waals surface area (Å²) in [6.45, 7) is -0.148. The van der Waals surface area contributed by atoms with Crippen molar-refractivity contribution >= 4 is 23.5 Å². The van der Waals surface area contributed by atoms with Crippen molar-refractivity contribution in [2.45, 2.75) is 0 Å². The third kappa shape index (κ3) is 12.1.